The second-order valence-electron chi connectivity index (χ2n) is 5.70. The van der Waals surface area contributed by atoms with Crippen molar-refractivity contribution in [1.82, 2.24) is 9.97 Å². The third-order valence-corrected chi connectivity index (χ3v) is 6.08. The Kier molecular flexibility index (Phi) is 3.91. The van der Waals surface area contributed by atoms with Crippen LogP contribution in [0.2, 0.25) is 0 Å². The number of aromatic nitrogens is 2. The van der Waals surface area contributed by atoms with Crippen LogP contribution >= 0.6 is 27.3 Å². The molecule has 116 valence electrons. The number of thiophene rings is 1. The van der Waals surface area contributed by atoms with Gasteiger partial charge in [-0.3, -0.25) is 4.79 Å². The summed E-state index contributed by atoms with van der Waals surface area (Å²) >= 11 is 5.20. The highest BCUT2D eigenvalue weighted by Gasteiger charge is 2.19. The van der Waals surface area contributed by atoms with E-state index >= 15 is 0 Å². The van der Waals surface area contributed by atoms with Gasteiger partial charge in [-0.15, -0.1) is 11.3 Å². The van der Waals surface area contributed by atoms with Crippen molar-refractivity contribution < 1.29 is 0 Å². The number of rotatable bonds is 2. The van der Waals surface area contributed by atoms with Gasteiger partial charge in [0.1, 0.15) is 10.7 Å². The highest BCUT2D eigenvalue weighted by molar-refractivity contribution is 9.10. The van der Waals surface area contributed by atoms with E-state index < -0.39 is 0 Å². The van der Waals surface area contributed by atoms with Crippen molar-refractivity contribution in [3.8, 4) is 0 Å². The van der Waals surface area contributed by atoms with Gasteiger partial charge in [-0.1, -0.05) is 40.2 Å². The predicted octanol–water partition coefficient (Wildman–Crippen LogP) is 4.80. The maximum Gasteiger partial charge on any atom is 0.260 e. The molecular formula is C18H15BrN2OS. The molecule has 1 aliphatic rings. The molecule has 0 radical (unpaired) electrons. The lowest BCUT2D eigenvalue weighted by Crippen LogP contribution is -2.11. The van der Waals surface area contributed by atoms with E-state index in [1.807, 2.05) is 36.4 Å². The van der Waals surface area contributed by atoms with E-state index in [1.54, 1.807) is 11.3 Å². The fraction of sp³-hybridized carbons (Fsp3) is 0.222. The van der Waals surface area contributed by atoms with Gasteiger partial charge in [0.2, 0.25) is 0 Å². The molecule has 1 aromatic carbocycles. The highest BCUT2D eigenvalue weighted by Crippen LogP contribution is 2.33. The number of aromatic amines is 1. The molecule has 3 nitrogen and oxygen atoms in total. The Labute approximate surface area is 146 Å². The summed E-state index contributed by atoms with van der Waals surface area (Å²) in [6.45, 7) is 0. The molecule has 4 rings (SSSR count). The number of benzene rings is 1. The Balaban J connectivity index is 1.77. The standard InChI is InChI=1S/C18H15BrN2OS/c19-13-7-3-1-5-11(13)9-10-15-20-17(22)16-12-6-2-4-8-14(12)23-18(16)21-15/h1,3,5,7,9-10H,2,4,6,8H2,(H,20,21,22). The zero-order chi connectivity index (χ0) is 15.8. The van der Waals surface area contributed by atoms with E-state index in [2.05, 4.69) is 25.9 Å². The molecule has 3 aromatic rings. The minimum Gasteiger partial charge on any atom is -0.306 e. The molecule has 0 bridgehead atoms. The zero-order valence-electron chi connectivity index (χ0n) is 12.4. The molecule has 1 N–H and O–H groups in total. The number of nitrogens with zero attached hydrogens (tertiary/aromatic N) is 1. The molecule has 2 heterocycles. The summed E-state index contributed by atoms with van der Waals surface area (Å²) < 4.78 is 1.02. The van der Waals surface area contributed by atoms with Crippen molar-refractivity contribution in [2.24, 2.45) is 0 Å². The molecule has 0 spiro atoms. The van der Waals surface area contributed by atoms with Crippen LogP contribution in [0.3, 0.4) is 0 Å². The molecule has 0 unspecified atom stereocenters. The first kappa shape index (κ1) is 14.8. The van der Waals surface area contributed by atoms with Gasteiger partial charge in [0, 0.05) is 9.35 Å². The fourth-order valence-corrected chi connectivity index (χ4v) is 4.72. The zero-order valence-corrected chi connectivity index (χ0v) is 14.8. The first-order valence-corrected chi connectivity index (χ1v) is 9.30. The van der Waals surface area contributed by atoms with Gasteiger partial charge >= 0.3 is 0 Å². The molecule has 2 aromatic heterocycles. The van der Waals surface area contributed by atoms with Gasteiger partial charge in [0.15, 0.2) is 0 Å². The van der Waals surface area contributed by atoms with Crippen LogP contribution in [0, 0.1) is 0 Å². The smallest absolute Gasteiger partial charge is 0.260 e. The van der Waals surface area contributed by atoms with E-state index in [-0.39, 0.29) is 5.56 Å². The molecule has 5 heteroatoms. The highest BCUT2D eigenvalue weighted by atomic mass is 79.9. The minimum atomic E-state index is -0.0128. The predicted molar refractivity (Wildman–Crippen MR) is 100.0 cm³/mol. The van der Waals surface area contributed by atoms with E-state index in [9.17, 15) is 4.79 Å². The van der Waals surface area contributed by atoms with Crippen LogP contribution in [-0.4, -0.2) is 9.97 Å². The third-order valence-electron chi connectivity index (χ3n) is 4.17. The third kappa shape index (κ3) is 2.79. The van der Waals surface area contributed by atoms with Gasteiger partial charge in [0.05, 0.1) is 5.39 Å². The van der Waals surface area contributed by atoms with Crippen LogP contribution in [0.1, 0.15) is 34.7 Å². The van der Waals surface area contributed by atoms with Gasteiger partial charge in [-0.25, -0.2) is 4.98 Å². The topological polar surface area (TPSA) is 45.8 Å². The second kappa shape index (κ2) is 6.06. The first-order valence-electron chi connectivity index (χ1n) is 7.69. The SMILES string of the molecule is O=c1[nH]c(C=Cc2ccccc2Br)nc2sc3c(c12)CCCC3. The Morgan fingerprint density at radius 1 is 1.17 bits per heavy atom. The Morgan fingerprint density at radius 2 is 2.00 bits per heavy atom. The van der Waals surface area contributed by atoms with Crippen molar-refractivity contribution in [2.75, 3.05) is 0 Å². The lowest BCUT2D eigenvalue weighted by atomic mass is 9.97. The summed E-state index contributed by atoms with van der Waals surface area (Å²) in [4.78, 5) is 22.3. The normalized spacial score (nSPS) is 14.5. The summed E-state index contributed by atoms with van der Waals surface area (Å²) in [6, 6.07) is 7.97. The number of hydrogen-bond donors (Lipinski definition) is 1. The summed E-state index contributed by atoms with van der Waals surface area (Å²) in [5, 5.41) is 0.808. The Bertz CT molecular complexity index is 971. The van der Waals surface area contributed by atoms with E-state index in [0.29, 0.717) is 5.82 Å². The quantitative estimate of drug-likeness (QED) is 0.687. The van der Waals surface area contributed by atoms with Crippen LogP contribution < -0.4 is 5.56 Å². The van der Waals surface area contributed by atoms with E-state index in [4.69, 9.17) is 0 Å². The molecule has 0 fully saturated rings. The average Bonchev–Trinajstić information content (AvgIpc) is 2.93. The molecule has 1 aliphatic carbocycles. The number of aryl methyl sites for hydroxylation is 2. The van der Waals surface area contributed by atoms with Gasteiger partial charge in [-0.2, -0.15) is 0 Å². The number of hydrogen-bond acceptors (Lipinski definition) is 3. The van der Waals surface area contributed by atoms with Crippen molar-refractivity contribution in [3.05, 3.63) is 60.9 Å². The minimum absolute atomic E-state index is 0.0128. The number of nitrogens with one attached hydrogen (secondary N) is 1. The van der Waals surface area contributed by atoms with Crippen LogP contribution in [0.15, 0.2) is 33.5 Å². The largest absolute Gasteiger partial charge is 0.306 e. The number of H-pyrrole nitrogens is 1. The van der Waals surface area contributed by atoms with Gasteiger partial charge < -0.3 is 4.98 Å². The molecular weight excluding hydrogens is 372 g/mol. The number of halogens is 1. The molecule has 0 atom stereocenters. The summed E-state index contributed by atoms with van der Waals surface area (Å²) in [6.07, 6.45) is 8.29. The van der Waals surface area contributed by atoms with Crippen molar-refractivity contribution >= 4 is 49.6 Å². The van der Waals surface area contributed by atoms with E-state index in [0.717, 1.165) is 33.1 Å². The Hall–Kier alpha value is -1.72. The number of fused-ring (bicyclic) bond motifs is 3. The first-order chi connectivity index (χ1) is 11.2. The van der Waals surface area contributed by atoms with E-state index in [1.165, 1.54) is 23.3 Å². The second-order valence-corrected chi connectivity index (χ2v) is 7.64. The van der Waals surface area contributed by atoms with Crippen LogP contribution in [-0.2, 0) is 12.8 Å². The molecule has 23 heavy (non-hydrogen) atoms. The van der Waals surface area contributed by atoms with Crippen LogP contribution in [0.25, 0.3) is 22.4 Å². The van der Waals surface area contributed by atoms with Crippen LogP contribution in [0.5, 0.6) is 0 Å². The molecule has 0 amide bonds. The van der Waals surface area contributed by atoms with Gasteiger partial charge in [0.25, 0.3) is 5.56 Å². The summed E-state index contributed by atoms with van der Waals surface area (Å²) in [5.74, 6) is 0.608. The lowest BCUT2D eigenvalue weighted by Gasteiger charge is -2.09. The van der Waals surface area contributed by atoms with Crippen molar-refractivity contribution in [2.45, 2.75) is 25.7 Å². The Morgan fingerprint density at radius 3 is 2.87 bits per heavy atom. The average molecular weight is 387 g/mol. The molecule has 0 saturated heterocycles. The maximum atomic E-state index is 12.5. The van der Waals surface area contributed by atoms with Gasteiger partial charge in [-0.05, 0) is 49.0 Å². The summed E-state index contributed by atoms with van der Waals surface area (Å²) in [7, 11) is 0. The van der Waals surface area contributed by atoms with Crippen molar-refractivity contribution in [1.29, 1.82) is 0 Å². The maximum absolute atomic E-state index is 12.5. The summed E-state index contributed by atoms with van der Waals surface area (Å²) in [5.41, 5.74) is 2.27. The molecule has 0 aliphatic heterocycles. The van der Waals surface area contributed by atoms with Crippen LogP contribution in [0.4, 0.5) is 0 Å². The lowest BCUT2D eigenvalue weighted by molar-refractivity contribution is 0.700. The monoisotopic (exact) mass is 386 g/mol. The fourth-order valence-electron chi connectivity index (χ4n) is 3.04. The van der Waals surface area contributed by atoms with Crippen molar-refractivity contribution in [3.63, 3.8) is 0 Å². The molecule has 0 saturated carbocycles.